The van der Waals surface area contributed by atoms with E-state index in [9.17, 15) is 0 Å². The highest BCUT2D eigenvalue weighted by Crippen LogP contribution is 2.23. The summed E-state index contributed by atoms with van der Waals surface area (Å²) in [5.74, 6) is 2.40. The van der Waals surface area contributed by atoms with Gasteiger partial charge >= 0.3 is 0 Å². The third kappa shape index (κ3) is 4.68. The van der Waals surface area contributed by atoms with Crippen molar-refractivity contribution in [2.24, 2.45) is 0 Å². The molecule has 0 atom stereocenters. The van der Waals surface area contributed by atoms with Crippen molar-refractivity contribution in [2.75, 3.05) is 11.5 Å². The molecule has 0 amide bonds. The maximum atomic E-state index is 5.58. The van der Waals surface area contributed by atoms with Crippen molar-refractivity contribution >= 4 is 17.5 Å². The van der Waals surface area contributed by atoms with Gasteiger partial charge in [-0.15, -0.1) is 0 Å². The molecule has 5 nitrogen and oxygen atoms in total. The number of hydrogen-bond donors (Lipinski definition) is 3. The van der Waals surface area contributed by atoms with E-state index in [4.69, 9.17) is 21.0 Å². The Morgan fingerprint density at radius 3 is 1.84 bits per heavy atom. The average molecular weight is 333 g/mol. The lowest BCUT2D eigenvalue weighted by molar-refractivity contribution is 0.239. The summed E-state index contributed by atoms with van der Waals surface area (Å²) in [6, 6.07) is 22.4. The van der Waals surface area contributed by atoms with Crippen molar-refractivity contribution in [1.82, 2.24) is 5.48 Å². The second kappa shape index (κ2) is 7.79. The third-order valence-corrected chi connectivity index (χ3v) is 3.41. The molecule has 3 aromatic rings. The van der Waals surface area contributed by atoms with Crippen molar-refractivity contribution in [1.29, 1.82) is 0 Å². The van der Waals surface area contributed by atoms with Crippen LogP contribution in [0.15, 0.2) is 79.0 Å². The van der Waals surface area contributed by atoms with Gasteiger partial charge in [0, 0.05) is 23.1 Å². The van der Waals surface area contributed by atoms with Crippen LogP contribution in [-0.4, -0.2) is 0 Å². The molecule has 4 rings (SSSR count). The molecule has 3 aromatic carbocycles. The summed E-state index contributed by atoms with van der Waals surface area (Å²) in [6.07, 6.45) is 3.74. The summed E-state index contributed by atoms with van der Waals surface area (Å²) in [5, 5.41) is 0. The Bertz CT molecular complexity index is 800. The van der Waals surface area contributed by atoms with Crippen LogP contribution >= 0.6 is 0 Å². The van der Waals surface area contributed by atoms with Crippen LogP contribution < -0.4 is 26.5 Å². The lowest BCUT2D eigenvalue weighted by atomic mass is 10.2. The highest BCUT2D eigenvalue weighted by molar-refractivity contribution is 5.58. The van der Waals surface area contributed by atoms with Crippen LogP contribution in [-0.2, 0) is 0 Å². The summed E-state index contributed by atoms with van der Waals surface area (Å²) in [7, 11) is 0. The lowest BCUT2D eigenvalue weighted by Gasteiger charge is -2.11. The van der Waals surface area contributed by atoms with E-state index in [0.29, 0.717) is 0 Å². The Hall–Kier alpha value is -3.60. The molecule has 1 aliphatic rings. The number of nitrogens with two attached hydrogens (primary N) is 2. The number of fused-ring (bicyclic) bond motifs is 1. The van der Waals surface area contributed by atoms with Gasteiger partial charge in [0.15, 0.2) is 5.75 Å². The van der Waals surface area contributed by atoms with Crippen LogP contribution in [0, 0.1) is 0 Å². The van der Waals surface area contributed by atoms with Crippen molar-refractivity contribution in [2.45, 2.75) is 0 Å². The largest absolute Gasteiger partial charge is 0.457 e. The van der Waals surface area contributed by atoms with Crippen LogP contribution in [0.3, 0.4) is 0 Å². The van der Waals surface area contributed by atoms with Gasteiger partial charge in [-0.05, 0) is 60.7 Å². The van der Waals surface area contributed by atoms with Crippen LogP contribution in [0.4, 0.5) is 11.4 Å². The minimum Gasteiger partial charge on any atom is -0.457 e. The van der Waals surface area contributed by atoms with Gasteiger partial charge in [0.05, 0.1) is 0 Å². The van der Waals surface area contributed by atoms with Crippen LogP contribution in [0.2, 0.25) is 0 Å². The monoisotopic (exact) mass is 333 g/mol. The molecule has 5 N–H and O–H groups in total. The molecule has 25 heavy (non-hydrogen) atoms. The molecule has 0 spiro atoms. The van der Waals surface area contributed by atoms with E-state index >= 15 is 0 Å². The van der Waals surface area contributed by atoms with Gasteiger partial charge < -0.3 is 21.0 Å². The standard InChI is InChI=1S/C12H12N2O.C8H7NO/c13-9-1-5-11(6-2-9)15-12-7-3-10(14)4-8-12;1-2-4-8-7(3-1)5-6-9-10-8/h1-8H,13-14H2;1-6,9H. The number of nitrogens with one attached hydrogen (secondary N) is 1. The second-order valence-electron chi connectivity index (χ2n) is 5.33. The first kappa shape index (κ1) is 16.3. The fourth-order valence-electron chi connectivity index (χ4n) is 2.14. The number of nitrogen functional groups attached to an aromatic ring is 2. The van der Waals surface area contributed by atoms with Gasteiger partial charge in [-0.1, -0.05) is 18.2 Å². The normalized spacial score (nSPS) is 11.2. The number of anilines is 2. The van der Waals surface area contributed by atoms with Crippen molar-refractivity contribution in [3.8, 4) is 17.2 Å². The van der Waals surface area contributed by atoms with Crippen LogP contribution in [0.5, 0.6) is 17.2 Å². The molecule has 0 saturated carbocycles. The van der Waals surface area contributed by atoms with Crippen molar-refractivity contribution < 1.29 is 9.57 Å². The quantitative estimate of drug-likeness (QED) is 0.612. The molecule has 0 aliphatic carbocycles. The number of hydrogen-bond acceptors (Lipinski definition) is 5. The maximum absolute atomic E-state index is 5.58. The molecule has 5 heteroatoms. The molecule has 0 fully saturated rings. The number of rotatable bonds is 2. The first-order chi connectivity index (χ1) is 12.2. The molecule has 1 aliphatic heterocycles. The molecule has 126 valence electrons. The summed E-state index contributed by atoms with van der Waals surface area (Å²) >= 11 is 0. The van der Waals surface area contributed by atoms with Crippen LogP contribution in [0.25, 0.3) is 6.08 Å². The topological polar surface area (TPSA) is 82.5 Å². The average Bonchev–Trinajstić information content (AvgIpc) is 2.66. The summed E-state index contributed by atoms with van der Waals surface area (Å²) in [5.41, 5.74) is 16.4. The van der Waals surface area contributed by atoms with E-state index in [1.165, 1.54) is 0 Å². The van der Waals surface area contributed by atoms with Crippen LogP contribution in [0.1, 0.15) is 5.56 Å². The molecular weight excluding hydrogens is 314 g/mol. The summed E-state index contributed by atoms with van der Waals surface area (Å²) in [4.78, 5) is 5.09. The molecular formula is C20H19N3O2. The van der Waals surface area contributed by atoms with Gasteiger partial charge in [0.1, 0.15) is 11.5 Å². The van der Waals surface area contributed by atoms with Gasteiger partial charge in [-0.25, -0.2) is 5.48 Å². The Balaban J connectivity index is 0.000000157. The summed E-state index contributed by atoms with van der Waals surface area (Å²) in [6.45, 7) is 0. The number of hydroxylamine groups is 1. The molecule has 0 unspecified atom stereocenters. The first-order valence-electron chi connectivity index (χ1n) is 7.77. The lowest BCUT2D eigenvalue weighted by Crippen LogP contribution is -2.13. The summed E-state index contributed by atoms with van der Waals surface area (Å²) < 4.78 is 5.58. The van der Waals surface area contributed by atoms with Gasteiger partial charge in [0.25, 0.3) is 0 Å². The molecule has 1 heterocycles. The van der Waals surface area contributed by atoms with Gasteiger partial charge in [-0.2, -0.15) is 0 Å². The van der Waals surface area contributed by atoms with E-state index in [2.05, 4.69) is 5.48 Å². The molecule has 0 saturated heterocycles. The van der Waals surface area contributed by atoms with Gasteiger partial charge in [0.2, 0.25) is 0 Å². The zero-order chi connectivity index (χ0) is 17.5. The van der Waals surface area contributed by atoms with E-state index < -0.39 is 0 Å². The predicted octanol–water partition coefficient (Wildman–Crippen LogP) is 4.20. The zero-order valence-electron chi connectivity index (χ0n) is 13.6. The Kier molecular flexibility index (Phi) is 5.07. The zero-order valence-corrected chi connectivity index (χ0v) is 13.6. The van der Waals surface area contributed by atoms with Crippen molar-refractivity contribution in [3.63, 3.8) is 0 Å². The van der Waals surface area contributed by atoms with E-state index in [1.807, 2.05) is 54.6 Å². The van der Waals surface area contributed by atoms with Gasteiger partial charge in [-0.3, -0.25) is 0 Å². The number of ether oxygens (including phenoxy) is 1. The maximum Gasteiger partial charge on any atom is 0.162 e. The number of para-hydroxylation sites is 1. The highest BCUT2D eigenvalue weighted by atomic mass is 16.6. The fourth-order valence-corrected chi connectivity index (χ4v) is 2.14. The molecule has 0 aromatic heterocycles. The van der Waals surface area contributed by atoms with E-state index in [1.54, 1.807) is 30.5 Å². The SMILES string of the molecule is C1=Cc2ccccc2ON1.Nc1ccc(Oc2ccc(N)cc2)cc1. The first-order valence-corrected chi connectivity index (χ1v) is 7.77. The second-order valence-corrected chi connectivity index (χ2v) is 5.33. The predicted molar refractivity (Wildman–Crippen MR) is 101 cm³/mol. The Morgan fingerprint density at radius 1 is 0.720 bits per heavy atom. The smallest absolute Gasteiger partial charge is 0.162 e. The molecule has 0 bridgehead atoms. The fraction of sp³-hybridized carbons (Fsp3) is 0. The Labute approximate surface area is 146 Å². The Morgan fingerprint density at radius 2 is 1.28 bits per heavy atom. The minimum absolute atomic E-state index is 0.722. The number of benzene rings is 3. The highest BCUT2D eigenvalue weighted by Gasteiger charge is 2.01. The minimum atomic E-state index is 0.722. The third-order valence-electron chi connectivity index (χ3n) is 3.41. The molecule has 0 radical (unpaired) electrons. The van der Waals surface area contributed by atoms with Crippen molar-refractivity contribution in [3.05, 3.63) is 84.6 Å². The van der Waals surface area contributed by atoms with E-state index in [0.717, 1.165) is 34.2 Å². The van der Waals surface area contributed by atoms with E-state index in [-0.39, 0.29) is 0 Å².